The van der Waals surface area contributed by atoms with E-state index in [-0.39, 0.29) is 18.1 Å². The number of carbonyl (C=O) groups excluding carboxylic acids is 1. The van der Waals surface area contributed by atoms with Gasteiger partial charge in [-0.3, -0.25) is 9.48 Å². The first kappa shape index (κ1) is 17.3. The predicted octanol–water partition coefficient (Wildman–Crippen LogP) is 2.83. The largest absolute Gasteiger partial charge is 0.497 e. The van der Waals surface area contributed by atoms with Crippen LogP contribution in [-0.2, 0) is 4.79 Å². The van der Waals surface area contributed by atoms with Crippen molar-refractivity contribution in [2.45, 2.75) is 38.8 Å². The molecule has 1 unspecified atom stereocenters. The second-order valence-electron chi connectivity index (χ2n) is 6.49. The number of benzene rings is 1. The lowest BCUT2D eigenvalue weighted by molar-refractivity contribution is -0.136. The van der Waals surface area contributed by atoms with Gasteiger partial charge in [-0.15, -0.1) is 0 Å². The zero-order valence-electron chi connectivity index (χ0n) is 15.0. The highest BCUT2D eigenvalue weighted by atomic mass is 16.5. The van der Waals surface area contributed by atoms with E-state index in [1.165, 1.54) is 0 Å². The highest BCUT2D eigenvalue weighted by molar-refractivity contribution is 5.80. The van der Waals surface area contributed by atoms with E-state index < -0.39 is 0 Å². The standard InChI is InChI=1S/C19H25N3O3/c1-14-12-20-22(13-14)15(2)19(23)21-10-8-18(9-11-21)25-17-6-4-16(24-3)5-7-17/h4-7,12-13,15,18H,8-11H2,1-3H3. The molecular weight excluding hydrogens is 318 g/mol. The lowest BCUT2D eigenvalue weighted by Crippen LogP contribution is -2.44. The number of rotatable bonds is 5. The fourth-order valence-electron chi connectivity index (χ4n) is 3.06. The maximum absolute atomic E-state index is 12.7. The van der Waals surface area contributed by atoms with E-state index in [9.17, 15) is 4.79 Å². The molecule has 6 heteroatoms. The molecule has 0 saturated carbocycles. The molecule has 0 radical (unpaired) electrons. The molecule has 134 valence electrons. The summed E-state index contributed by atoms with van der Waals surface area (Å²) in [4.78, 5) is 14.6. The third-order valence-corrected chi connectivity index (χ3v) is 4.60. The molecule has 25 heavy (non-hydrogen) atoms. The number of aromatic nitrogens is 2. The maximum atomic E-state index is 12.7. The van der Waals surface area contributed by atoms with Crippen molar-refractivity contribution < 1.29 is 14.3 Å². The van der Waals surface area contributed by atoms with Crippen LogP contribution in [0.1, 0.15) is 31.4 Å². The Bertz CT molecular complexity index is 703. The number of amides is 1. The monoisotopic (exact) mass is 343 g/mol. The maximum Gasteiger partial charge on any atom is 0.247 e. The predicted molar refractivity (Wildman–Crippen MR) is 94.9 cm³/mol. The van der Waals surface area contributed by atoms with E-state index in [1.807, 2.05) is 49.2 Å². The van der Waals surface area contributed by atoms with Crippen molar-refractivity contribution in [1.29, 1.82) is 0 Å². The fraction of sp³-hybridized carbons (Fsp3) is 0.474. The van der Waals surface area contributed by atoms with E-state index in [0.717, 1.165) is 29.9 Å². The number of hydrogen-bond donors (Lipinski definition) is 0. The molecule has 1 atom stereocenters. The van der Waals surface area contributed by atoms with Gasteiger partial charge >= 0.3 is 0 Å². The van der Waals surface area contributed by atoms with Crippen molar-refractivity contribution in [1.82, 2.24) is 14.7 Å². The Kier molecular flexibility index (Phi) is 5.26. The number of nitrogens with zero attached hydrogens (tertiary/aromatic N) is 3. The normalized spacial score (nSPS) is 16.5. The van der Waals surface area contributed by atoms with Gasteiger partial charge in [0.05, 0.1) is 13.3 Å². The highest BCUT2D eigenvalue weighted by Gasteiger charge is 2.27. The molecule has 1 fully saturated rings. The van der Waals surface area contributed by atoms with Gasteiger partial charge in [-0.1, -0.05) is 0 Å². The quantitative estimate of drug-likeness (QED) is 0.838. The van der Waals surface area contributed by atoms with E-state index in [0.29, 0.717) is 13.1 Å². The minimum Gasteiger partial charge on any atom is -0.497 e. The number of piperidine rings is 1. The van der Waals surface area contributed by atoms with Crippen molar-refractivity contribution in [2.24, 2.45) is 0 Å². The second kappa shape index (κ2) is 7.59. The summed E-state index contributed by atoms with van der Waals surface area (Å²) < 4.78 is 12.9. The van der Waals surface area contributed by atoms with Crippen molar-refractivity contribution in [3.05, 3.63) is 42.2 Å². The molecule has 6 nitrogen and oxygen atoms in total. The average Bonchev–Trinajstić information content (AvgIpc) is 3.08. The summed E-state index contributed by atoms with van der Waals surface area (Å²) in [7, 11) is 1.65. The minimum absolute atomic E-state index is 0.117. The van der Waals surface area contributed by atoms with Gasteiger partial charge in [0.2, 0.25) is 5.91 Å². The second-order valence-corrected chi connectivity index (χ2v) is 6.49. The summed E-state index contributed by atoms with van der Waals surface area (Å²) in [5.41, 5.74) is 1.06. The minimum atomic E-state index is -0.271. The Balaban J connectivity index is 1.51. The summed E-state index contributed by atoms with van der Waals surface area (Å²) in [5, 5.41) is 4.25. The van der Waals surface area contributed by atoms with Crippen LogP contribution in [0.2, 0.25) is 0 Å². The Labute approximate surface area is 148 Å². The molecule has 1 aromatic heterocycles. The molecule has 2 heterocycles. The molecule has 0 N–H and O–H groups in total. The first-order chi connectivity index (χ1) is 12.1. The van der Waals surface area contributed by atoms with Crippen LogP contribution in [0.4, 0.5) is 0 Å². The molecular formula is C19H25N3O3. The molecule has 0 bridgehead atoms. The topological polar surface area (TPSA) is 56.6 Å². The Morgan fingerprint density at radius 1 is 1.20 bits per heavy atom. The lowest BCUT2D eigenvalue weighted by Gasteiger charge is -2.33. The summed E-state index contributed by atoms with van der Waals surface area (Å²) >= 11 is 0. The van der Waals surface area contributed by atoms with Gasteiger partial charge in [0, 0.05) is 32.1 Å². The molecule has 3 rings (SSSR count). The summed E-state index contributed by atoms with van der Waals surface area (Å²) in [6, 6.07) is 7.34. The average molecular weight is 343 g/mol. The molecule has 0 aliphatic carbocycles. The van der Waals surface area contributed by atoms with Crippen LogP contribution in [-0.4, -0.2) is 46.9 Å². The van der Waals surface area contributed by atoms with Crippen LogP contribution < -0.4 is 9.47 Å². The number of methoxy groups -OCH3 is 1. The van der Waals surface area contributed by atoms with Crippen LogP contribution in [0.15, 0.2) is 36.7 Å². The molecule has 1 aliphatic rings. The highest BCUT2D eigenvalue weighted by Crippen LogP contribution is 2.23. The van der Waals surface area contributed by atoms with Crippen molar-refractivity contribution in [3.8, 4) is 11.5 Å². The Morgan fingerprint density at radius 3 is 2.40 bits per heavy atom. The Hall–Kier alpha value is -2.50. The third-order valence-electron chi connectivity index (χ3n) is 4.60. The van der Waals surface area contributed by atoms with Crippen LogP contribution in [0, 0.1) is 6.92 Å². The van der Waals surface area contributed by atoms with E-state index in [2.05, 4.69) is 5.10 Å². The number of aryl methyl sites for hydroxylation is 1. The molecule has 1 amide bonds. The van der Waals surface area contributed by atoms with Crippen molar-refractivity contribution >= 4 is 5.91 Å². The van der Waals surface area contributed by atoms with Crippen LogP contribution in [0.25, 0.3) is 0 Å². The third kappa shape index (κ3) is 4.13. The number of ether oxygens (including phenoxy) is 2. The number of likely N-dealkylation sites (tertiary alicyclic amines) is 1. The first-order valence-corrected chi connectivity index (χ1v) is 8.67. The molecule has 1 aliphatic heterocycles. The van der Waals surface area contributed by atoms with Gasteiger partial charge in [0.15, 0.2) is 0 Å². The molecule has 0 spiro atoms. The van der Waals surface area contributed by atoms with Gasteiger partial charge in [-0.25, -0.2) is 0 Å². The van der Waals surface area contributed by atoms with E-state index in [4.69, 9.17) is 9.47 Å². The van der Waals surface area contributed by atoms with Gasteiger partial charge < -0.3 is 14.4 Å². The summed E-state index contributed by atoms with van der Waals surface area (Å²) in [5.74, 6) is 1.77. The van der Waals surface area contributed by atoms with E-state index in [1.54, 1.807) is 18.0 Å². The zero-order valence-corrected chi connectivity index (χ0v) is 15.0. The van der Waals surface area contributed by atoms with Gasteiger partial charge in [0.25, 0.3) is 0 Å². The van der Waals surface area contributed by atoms with Crippen molar-refractivity contribution in [2.75, 3.05) is 20.2 Å². The summed E-state index contributed by atoms with van der Waals surface area (Å²) in [6.45, 7) is 5.30. The molecule has 1 aromatic carbocycles. The lowest BCUT2D eigenvalue weighted by atomic mass is 10.1. The van der Waals surface area contributed by atoms with Crippen LogP contribution in [0.3, 0.4) is 0 Å². The van der Waals surface area contributed by atoms with Crippen LogP contribution in [0.5, 0.6) is 11.5 Å². The van der Waals surface area contributed by atoms with E-state index >= 15 is 0 Å². The SMILES string of the molecule is COc1ccc(OC2CCN(C(=O)C(C)n3cc(C)cn3)CC2)cc1. The Morgan fingerprint density at radius 2 is 1.84 bits per heavy atom. The van der Waals surface area contributed by atoms with Gasteiger partial charge in [-0.05, 0) is 43.7 Å². The fourth-order valence-corrected chi connectivity index (χ4v) is 3.06. The van der Waals surface area contributed by atoms with Gasteiger partial charge in [0.1, 0.15) is 23.6 Å². The molecule has 2 aromatic rings. The number of carbonyl (C=O) groups is 1. The first-order valence-electron chi connectivity index (χ1n) is 8.67. The molecule has 1 saturated heterocycles. The van der Waals surface area contributed by atoms with Gasteiger partial charge in [-0.2, -0.15) is 5.10 Å². The van der Waals surface area contributed by atoms with Crippen LogP contribution >= 0.6 is 0 Å². The number of hydrogen-bond acceptors (Lipinski definition) is 4. The zero-order chi connectivity index (χ0) is 17.8. The van der Waals surface area contributed by atoms with Crippen molar-refractivity contribution in [3.63, 3.8) is 0 Å². The smallest absolute Gasteiger partial charge is 0.247 e. The summed E-state index contributed by atoms with van der Waals surface area (Å²) in [6.07, 6.45) is 5.49.